The van der Waals surface area contributed by atoms with Crippen LogP contribution in [-0.4, -0.2) is 51.9 Å². The van der Waals surface area contributed by atoms with E-state index in [9.17, 15) is 14.4 Å². The van der Waals surface area contributed by atoms with Gasteiger partial charge < -0.3 is 19.7 Å². The molecule has 0 spiro atoms. The maximum Gasteiger partial charge on any atom is 0.322 e. The van der Waals surface area contributed by atoms with Gasteiger partial charge >= 0.3 is 6.03 Å². The quantitative estimate of drug-likeness (QED) is 0.556. The van der Waals surface area contributed by atoms with Gasteiger partial charge in [-0.05, 0) is 42.0 Å². The number of hydrogen-bond donors (Lipinski definition) is 2. The number of rotatable bonds is 5. The molecule has 0 radical (unpaired) electrons. The fraction of sp³-hybridized carbons (Fsp3) is 0.222. The van der Waals surface area contributed by atoms with Crippen molar-refractivity contribution < 1.29 is 23.9 Å². The normalized spacial score (nSPS) is 20.3. The van der Waals surface area contributed by atoms with Gasteiger partial charge in [0.1, 0.15) is 23.7 Å². The molecule has 10 nitrogen and oxygen atoms in total. The van der Waals surface area contributed by atoms with E-state index in [2.05, 4.69) is 20.6 Å². The number of methoxy groups -OCH3 is 1. The zero-order valence-corrected chi connectivity index (χ0v) is 20.0. The van der Waals surface area contributed by atoms with Crippen LogP contribution in [0, 0.1) is 0 Å². The number of amides is 4. The van der Waals surface area contributed by atoms with E-state index >= 15 is 0 Å². The van der Waals surface area contributed by atoms with Crippen molar-refractivity contribution in [3.63, 3.8) is 0 Å². The molecule has 2 N–H and O–H groups in total. The first kappa shape index (κ1) is 22.7. The molecule has 0 unspecified atom stereocenters. The third kappa shape index (κ3) is 3.96. The molecule has 0 saturated carbocycles. The largest absolute Gasteiger partial charge is 0.497 e. The highest BCUT2D eigenvalue weighted by atomic mass is 16.5. The number of hydrogen-bond acceptors (Lipinski definition) is 7. The van der Waals surface area contributed by atoms with Gasteiger partial charge in [0.25, 0.3) is 5.91 Å². The molecule has 0 aliphatic carbocycles. The van der Waals surface area contributed by atoms with Crippen molar-refractivity contribution in [3.8, 4) is 17.0 Å². The Hall–Kier alpha value is -4.73. The second-order valence-corrected chi connectivity index (χ2v) is 9.21. The number of pyridine rings is 2. The number of fused-ring (bicyclic) bond motifs is 2. The van der Waals surface area contributed by atoms with Crippen molar-refractivity contribution >= 4 is 23.9 Å². The smallest absolute Gasteiger partial charge is 0.322 e. The van der Waals surface area contributed by atoms with Gasteiger partial charge in [-0.2, -0.15) is 0 Å². The minimum Gasteiger partial charge on any atom is -0.497 e. The van der Waals surface area contributed by atoms with E-state index in [1.165, 1.54) is 0 Å². The summed E-state index contributed by atoms with van der Waals surface area (Å²) in [4.78, 5) is 48.8. The molecule has 5 heterocycles. The maximum absolute atomic E-state index is 13.3. The van der Waals surface area contributed by atoms with Crippen LogP contribution in [0.1, 0.15) is 33.5 Å². The summed E-state index contributed by atoms with van der Waals surface area (Å²) < 4.78 is 11.4. The van der Waals surface area contributed by atoms with Gasteiger partial charge in [0.05, 0.1) is 25.8 Å². The summed E-state index contributed by atoms with van der Waals surface area (Å²) in [7, 11) is 1.55. The first-order chi connectivity index (χ1) is 18.0. The summed E-state index contributed by atoms with van der Waals surface area (Å²) in [6.45, 7) is 0.617. The Kier molecular flexibility index (Phi) is 5.36. The molecule has 2 aromatic heterocycles. The van der Waals surface area contributed by atoms with E-state index in [0.717, 1.165) is 27.9 Å². The highest BCUT2D eigenvalue weighted by Gasteiger charge is 2.48. The number of nitrogens with zero attached hydrogens (tertiary/aromatic N) is 3. The third-order valence-corrected chi connectivity index (χ3v) is 6.89. The van der Waals surface area contributed by atoms with Gasteiger partial charge in [0.15, 0.2) is 0 Å². The van der Waals surface area contributed by atoms with E-state index < -0.39 is 17.5 Å². The second kappa shape index (κ2) is 8.74. The van der Waals surface area contributed by atoms with Crippen LogP contribution < -0.4 is 15.4 Å². The minimum absolute atomic E-state index is 0.0496. The molecular formula is C27H23N5O5. The lowest BCUT2D eigenvalue weighted by molar-refractivity contribution is -0.122. The fourth-order valence-corrected chi connectivity index (χ4v) is 5.13. The van der Waals surface area contributed by atoms with Crippen LogP contribution >= 0.6 is 0 Å². The molecule has 3 aromatic rings. The van der Waals surface area contributed by atoms with Gasteiger partial charge in [0.2, 0.25) is 5.91 Å². The Bertz CT molecular complexity index is 1450. The highest BCUT2D eigenvalue weighted by Crippen LogP contribution is 2.37. The average molecular weight is 498 g/mol. The van der Waals surface area contributed by atoms with Gasteiger partial charge in [-0.1, -0.05) is 6.07 Å². The lowest BCUT2D eigenvalue weighted by Crippen LogP contribution is -2.65. The molecule has 6 rings (SSSR count). The molecule has 1 fully saturated rings. The molecule has 3 aliphatic rings. The van der Waals surface area contributed by atoms with Gasteiger partial charge in [-0.3, -0.25) is 24.9 Å². The van der Waals surface area contributed by atoms with Crippen LogP contribution in [-0.2, 0) is 22.7 Å². The van der Waals surface area contributed by atoms with Crippen molar-refractivity contribution in [2.45, 2.75) is 25.1 Å². The Morgan fingerprint density at radius 3 is 2.70 bits per heavy atom. The van der Waals surface area contributed by atoms with E-state index in [-0.39, 0.29) is 25.5 Å². The van der Waals surface area contributed by atoms with Crippen molar-refractivity contribution in [1.29, 1.82) is 0 Å². The Morgan fingerprint density at radius 2 is 1.92 bits per heavy atom. The molecule has 1 saturated heterocycles. The summed E-state index contributed by atoms with van der Waals surface area (Å²) in [5.41, 5.74) is 3.49. The van der Waals surface area contributed by atoms with E-state index in [1.54, 1.807) is 42.7 Å². The minimum atomic E-state index is -1.26. The monoisotopic (exact) mass is 497 g/mol. The lowest BCUT2D eigenvalue weighted by Gasteiger charge is -2.42. The van der Waals surface area contributed by atoms with Gasteiger partial charge in [-0.15, -0.1) is 0 Å². The number of urea groups is 1. The standard InChI is InChI=1S/C27H23N5O5/c1-36-19-3-2-17-13-32(25(34)21(17)10-19)15-27(12-23(33)30-26(35)31-27)22-11-20-18(14-37-22)6-9-29-24(20)16-4-7-28-8-5-16/h2-11H,12-15H2,1H3,(H2,30,31,33,35)/t27-/m0/s1. The molecule has 186 valence electrons. The van der Waals surface area contributed by atoms with Crippen molar-refractivity contribution in [2.24, 2.45) is 0 Å². The van der Waals surface area contributed by atoms with Crippen LogP contribution in [0.15, 0.2) is 60.7 Å². The van der Waals surface area contributed by atoms with E-state index in [1.807, 2.05) is 30.3 Å². The number of imide groups is 1. The molecule has 1 aromatic carbocycles. The topological polar surface area (TPSA) is 123 Å². The van der Waals surface area contributed by atoms with Crippen LogP contribution in [0.2, 0.25) is 0 Å². The molecular weight excluding hydrogens is 474 g/mol. The second-order valence-electron chi connectivity index (χ2n) is 9.21. The van der Waals surface area contributed by atoms with Crippen LogP contribution in [0.5, 0.6) is 5.75 Å². The molecule has 3 aliphatic heterocycles. The van der Waals surface area contributed by atoms with Crippen LogP contribution in [0.4, 0.5) is 4.79 Å². The predicted octanol–water partition coefficient (Wildman–Crippen LogP) is 2.65. The number of ether oxygens (including phenoxy) is 2. The van der Waals surface area contributed by atoms with Gasteiger partial charge in [-0.25, -0.2) is 4.79 Å². The number of aromatic nitrogens is 2. The molecule has 0 bridgehead atoms. The Balaban J connectivity index is 1.41. The summed E-state index contributed by atoms with van der Waals surface area (Å²) in [5.74, 6) is 0.322. The lowest BCUT2D eigenvalue weighted by atomic mass is 9.86. The Labute approximate surface area is 212 Å². The first-order valence-corrected chi connectivity index (χ1v) is 11.8. The number of carbonyl (C=O) groups is 3. The zero-order valence-electron chi connectivity index (χ0n) is 20.0. The molecule has 4 amide bonds. The summed E-state index contributed by atoms with van der Waals surface area (Å²) >= 11 is 0. The van der Waals surface area contributed by atoms with E-state index in [0.29, 0.717) is 23.6 Å². The first-order valence-electron chi connectivity index (χ1n) is 11.8. The third-order valence-electron chi connectivity index (χ3n) is 6.89. The van der Waals surface area contributed by atoms with Crippen molar-refractivity contribution in [3.05, 3.63) is 83.0 Å². The summed E-state index contributed by atoms with van der Waals surface area (Å²) in [6, 6.07) is 10.3. The van der Waals surface area contributed by atoms with Gasteiger partial charge in [0, 0.05) is 47.4 Å². The zero-order chi connectivity index (χ0) is 25.6. The maximum atomic E-state index is 13.3. The van der Waals surface area contributed by atoms with E-state index in [4.69, 9.17) is 9.47 Å². The SMILES string of the molecule is COc1ccc2c(c1)C(=O)N(C[C@]1(C3=Cc4c(ccnc4-c4ccncc4)CO3)CC(=O)NC(=O)N1)C2. The fourth-order valence-electron chi connectivity index (χ4n) is 5.13. The average Bonchev–Trinajstić information content (AvgIpc) is 3.21. The predicted molar refractivity (Wildman–Crippen MR) is 132 cm³/mol. The Morgan fingerprint density at radius 1 is 1.08 bits per heavy atom. The summed E-state index contributed by atoms with van der Waals surface area (Å²) in [6.07, 6.45) is 6.83. The highest BCUT2D eigenvalue weighted by molar-refractivity contribution is 6.00. The number of carbonyl (C=O) groups excluding carboxylic acids is 3. The van der Waals surface area contributed by atoms with Crippen molar-refractivity contribution in [1.82, 2.24) is 25.5 Å². The summed E-state index contributed by atoms with van der Waals surface area (Å²) in [5, 5.41) is 5.19. The van der Waals surface area contributed by atoms with Crippen LogP contribution in [0.25, 0.3) is 17.3 Å². The number of nitrogens with one attached hydrogen (secondary N) is 2. The molecule has 1 atom stereocenters. The van der Waals surface area contributed by atoms with Crippen molar-refractivity contribution in [2.75, 3.05) is 13.7 Å². The molecule has 37 heavy (non-hydrogen) atoms. The van der Waals surface area contributed by atoms with Crippen LogP contribution in [0.3, 0.4) is 0 Å². The molecule has 10 heteroatoms. The number of benzene rings is 1.